The Morgan fingerprint density at radius 1 is 0.800 bits per heavy atom. The van der Waals surface area contributed by atoms with Gasteiger partial charge in [-0.05, 0) is 66.1 Å². The molecule has 1 aromatic heterocycles. The molecule has 0 radical (unpaired) electrons. The molecule has 178 valence electrons. The maximum atomic E-state index is 14.2. The zero-order valence-electron chi connectivity index (χ0n) is 18.4. The van der Waals surface area contributed by atoms with Crippen LogP contribution in [0, 0.1) is 12.7 Å². The van der Waals surface area contributed by atoms with Crippen molar-refractivity contribution in [1.82, 2.24) is 4.57 Å². The first-order valence-corrected chi connectivity index (χ1v) is 12.9. The fraction of sp³-hybridized carbons (Fsp3) is 0.115. The topological polar surface area (TPSA) is 59.4 Å². The normalized spacial score (nSPS) is 17.4. The van der Waals surface area contributed by atoms with Gasteiger partial charge in [0, 0.05) is 16.1 Å². The molecule has 5 nitrogen and oxygen atoms in total. The number of sulfonamides is 1. The Morgan fingerprint density at radius 2 is 1.37 bits per heavy atom. The molecule has 2 heterocycles. The van der Waals surface area contributed by atoms with Crippen LogP contribution in [0.25, 0.3) is 0 Å². The number of hydrogen-bond donors (Lipinski definition) is 0. The van der Waals surface area contributed by atoms with Gasteiger partial charge in [0.15, 0.2) is 0 Å². The summed E-state index contributed by atoms with van der Waals surface area (Å²) in [5.41, 5.74) is 1.34. The summed E-state index contributed by atoms with van der Waals surface area (Å²) < 4.78 is 45.2. The van der Waals surface area contributed by atoms with Gasteiger partial charge >= 0.3 is 0 Å². The summed E-state index contributed by atoms with van der Waals surface area (Å²) in [4.78, 5) is 13.0. The van der Waals surface area contributed by atoms with Crippen molar-refractivity contribution < 1.29 is 12.8 Å². The second-order valence-electron chi connectivity index (χ2n) is 8.30. The Morgan fingerprint density at radius 3 is 1.97 bits per heavy atom. The molecule has 35 heavy (non-hydrogen) atoms. The van der Waals surface area contributed by atoms with Crippen LogP contribution < -0.4 is 9.86 Å². The van der Waals surface area contributed by atoms with Crippen molar-refractivity contribution in [2.45, 2.75) is 23.9 Å². The SMILES string of the molecule is Cc1ccc(F)cc1S(=O)(=O)N1c2cccc(=O)n2C(c2ccc(Cl)cc2)C1c1ccc(Cl)cc1. The molecule has 0 saturated heterocycles. The molecule has 1 aliphatic heterocycles. The van der Waals surface area contributed by atoms with Crippen LogP contribution in [-0.4, -0.2) is 13.0 Å². The van der Waals surface area contributed by atoms with E-state index in [1.54, 1.807) is 61.5 Å². The predicted octanol–water partition coefficient (Wildman–Crippen LogP) is 6.14. The minimum Gasteiger partial charge on any atom is -0.284 e. The number of anilines is 1. The largest absolute Gasteiger partial charge is 0.284 e. The average molecular weight is 529 g/mol. The van der Waals surface area contributed by atoms with Gasteiger partial charge in [0.25, 0.3) is 15.6 Å². The molecule has 3 aromatic carbocycles. The van der Waals surface area contributed by atoms with E-state index in [9.17, 15) is 17.6 Å². The van der Waals surface area contributed by atoms with Gasteiger partial charge in [-0.1, -0.05) is 59.6 Å². The van der Waals surface area contributed by atoms with E-state index in [-0.39, 0.29) is 16.3 Å². The standard InChI is InChI=1S/C26H19Cl2FN2O3S/c1-16-5-14-21(29)15-22(16)35(33,34)31-23-3-2-4-24(32)30(23)25(17-6-10-19(27)11-7-17)26(31)18-8-12-20(28)13-9-18/h2-15,25-26H,1H3. The summed E-state index contributed by atoms with van der Waals surface area (Å²) in [6.45, 7) is 1.61. The molecule has 5 rings (SSSR count). The monoisotopic (exact) mass is 528 g/mol. The lowest BCUT2D eigenvalue weighted by Gasteiger charge is -2.29. The fourth-order valence-electron chi connectivity index (χ4n) is 4.56. The quantitative estimate of drug-likeness (QED) is 0.319. The highest BCUT2D eigenvalue weighted by atomic mass is 35.5. The van der Waals surface area contributed by atoms with Gasteiger partial charge in [0.05, 0.1) is 17.0 Å². The summed E-state index contributed by atoms with van der Waals surface area (Å²) in [7, 11) is -4.30. The molecule has 0 aliphatic carbocycles. The molecule has 4 aromatic rings. The number of fused-ring (bicyclic) bond motifs is 1. The number of rotatable bonds is 4. The summed E-state index contributed by atoms with van der Waals surface area (Å²) in [6.07, 6.45) is 0. The van der Waals surface area contributed by atoms with Crippen LogP contribution in [0.5, 0.6) is 0 Å². The maximum Gasteiger partial charge on any atom is 0.266 e. The minimum atomic E-state index is -4.30. The van der Waals surface area contributed by atoms with Crippen LogP contribution in [-0.2, 0) is 10.0 Å². The Bertz CT molecular complexity index is 1590. The van der Waals surface area contributed by atoms with E-state index in [0.29, 0.717) is 26.7 Å². The third-order valence-corrected chi connectivity index (χ3v) is 8.57. The van der Waals surface area contributed by atoms with Crippen LogP contribution in [0.15, 0.2) is 94.6 Å². The van der Waals surface area contributed by atoms with Crippen LogP contribution in [0.2, 0.25) is 10.0 Å². The molecular weight excluding hydrogens is 510 g/mol. The van der Waals surface area contributed by atoms with Gasteiger partial charge in [-0.15, -0.1) is 0 Å². The molecule has 2 unspecified atom stereocenters. The first-order chi connectivity index (χ1) is 16.7. The lowest BCUT2D eigenvalue weighted by molar-refractivity contribution is 0.529. The zero-order chi connectivity index (χ0) is 24.9. The van der Waals surface area contributed by atoms with Crippen molar-refractivity contribution in [3.8, 4) is 0 Å². The Hall–Kier alpha value is -3.13. The second-order valence-corrected chi connectivity index (χ2v) is 11.0. The highest BCUT2D eigenvalue weighted by molar-refractivity contribution is 7.93. The van der Waals surface area contributed by atoms with Crippen LogP contribution in [0.3, 0.4) is 0 Å². The van der Waals surface area contributed by atoms with Crippen molar-refractivity contribution in [1.29, 1.82) is 0 Å². The molecule has 0 N–H and O–H groups in total. The number of benzene rings is 3. The van der Waals surface area contributed by atoms with E-state index >= 15 is 0 Å². The van der Waals surface area contributed by atoms with Crippen molar-refractivity contribution in [2.75, 3.05) is 4.31 Å². The van der Waals surface area contributed by atoms with Gasteiger partial charge in [-0.25, -0.2) is 17.1 Å². The maximum absolute atomic E-state index is 14.2. The van der Waals surface area contributed by atoms with Gasteiger partial charge in [0.1, 0.15) is 11.6 Å². The summed E-state index contributed by atoms with van der Waals surface area (Å²) in [6, 6.07) is 20.3. The van der Waals surface area contributed by atoms with E-state index in [4.69, 9.17) is 23.2 Å². The van der Waals surface area contributed by atoms with Gasteiger partial charge in [0.2, 0.25) is 0 Å². The van der Waals surface area contributed by atoms with Gasteiger partial charge < -0.3 is 0 Å². The summed E-state index contributed by atoms with van der Waals surface area (Å²) >= 11 is 12.2. The number of halogens is 3. The third kappa shape index (κ3) is 4.03. The minimum absolute atomic E-state index is 0.170. The molecule has 0 bridgehead atoms. The first kappa shape index (κ1) is 23.6. The Balaban J connectivity index is 1.83. The van der Waals surface area contributed by atoms with E-state index in [1.165, 1.54) is 33.1 Å². The number of nitrogens with zero attached hydrogens (tertiary/aromatic N) is 2. The van der Waals surface area contributed by atoms with Crippen LogP contribution >= 0.6 is 23.2 Å². The smallest absolute Gasteiger partial charge is 0.266 e. The zero-order valence-corrected chi connectivity index (χ0v) is 20.7. The van der Waals surface area contributed by atoms with Crippen LogP contribution in [0.1, 0.15) is 28.8 Å². The number of aromatic nitrogens is 1. The lowest BCUT2D eigenvalue weighted by Crippen LogP contribution is -2.34. The highest BCUT2D eigenvalue weighted by Gasteiger charge is 2.47. The van der Waals surface area contributed by atoms with Crippen LogP contribution in [0.4, 0.5) is 10.2 Å². The Labute approximate surface area is 212 Å². The number of pyridine rings is 1. The highest BCUT2D eigenvalue weighted by Crippen LogP contribution is 2.49. The average Bonchev–Trinajstić information content (AvgIpc) is 3.19. The van der Waals surface area contributed by atoms with E-state index in [1.807, 2.05) is 0 Å². The number of aryl methyl sites for hydroxylation is 1. The van der Waals surface area contributed by atoms with Crippen molar-refractivity contribution in [3.05, 3.63) is 128 Å². The van der Waals surface area contributed by atoms with Crippen molar-refractivity contribution in [2.24, 2.45) is 0 Å². The lowest BCUT2D eigenvalue weighted by atomic mass is 9.94. The van der Waals surface area contributed by atoms with E-state index < -0.39 is 27.9 Å². The molecule has 9 heteroatoms. The Kier molecular flexibility index (Phi) is 5.95. The predicted molar refractivity (Wildman–Crippen MR) is 135 cm³/mol. The number of hydrogen-bond acceptors (Lipinski definition) is 3. The third-order valence-electron chi connectivity index (χ3n) is 6.13. The van der Waals surface area contributed by atoms with E-state index in [2.05, 4.69) is 0 Å². The van der Waals surface area contributed by atoms with Crippen molar-refractivity contribution >= 4 is 39.0 Å². The molecule has 0 amide bonds. The molecular formula is C26H19Cl2FN2O3S. The molecule has 0 saturated carbocycles. The first-order valence-electron chi connectivity index (χ1n) is 10.7. The van der Waals surface area contributed by atoms with E-state index in [0.717, 1.165) is 6.07 Å². The fourth-order valence-corrected chi connectivity index (χ4v) is 6.69. The summed E-state index contributed by atoms with van der Waals surface area (Å²) in [5.74, 6) is -0.489. The molecule has 0 spiro atoms. The molecule has 2 atom stereocenters. The van der Waals surface area contributed by atoms with Gasteiger partial charge in [-0.2, -0.15) is 0 Å². The van der Waals surface area contributed by atoms with Crippen molar-refractivity contribution in [3.63, 3.8) is 0 Å². The summed E-state index contributed by atoms with van der Waals surface area (Å²) in [5, 5.41) is 0.995. The second kappa shape index (κ2) is 8.82. The van der Waals surface area contributed by atoms with Gasteiger partial charge in [-0.3, -0.25) is 9.36 Å². The molecule has 0 fully saturated rings. The molecule has 1 aliphatic rings.